The number of amides is 1. The van der Waals surface area contributed by atoms with Crippen molar-refractivity contribution in [2.75, 3.05) is 0 Å². The molecule has 0 saturated heterocycles. The average Bonchev–Trinajstić information content (AvgIpc) is 3.12. The fourth-order valence-corrected chi connectivity index (χ4v) is 3.06. The number of aromatic nitrogens is 1. The fraction of sp³-hybridized carbons (Fsp3) is 0.227. The number of nitrogens with one attached hydrogen (secondary N) is 1. The Labute approximate surface area is 168 Å². The Hall–Kier alpha value is -3.61. The molecule has 0 unspecified atom stereocenters. The van der Waals surface area contributed by atoms with Gasteiger partial charge in [-0.1, -0.05) is 65.8 Å². The second-order valence-corrected chi connectivity index (χ2v) is 6.84. The zero-order chi connectivity index (χ0) is 20.7. The minimum Gasteiger partial charge on any atom is -0.479 e. The lowest BCUT2D eigenvalue weighted by atomic mass is 9.86. The average molecular weight is 394 g/mol. The number of carboxylic acids is 1. The molecule has 0 aliphatic rings. The van der Waals surface area contributed by atoms with E-state index in [1.54, 1.807) is 13.0 Å². The van der Waals surface area contributed by atoms with Gasteiger partial charge in [-0.2, -0.15) is 0 Å². The van der Waals surface area contributed by atoms with Crippen LogP contribution in [0.25, 0.3) is 0 Å². The van der Waals surface area contributed by atoms with Gasteiger partial charge in [0.15, 0.2) is 5.54 Å². The van der Waals surface area contributed by atoms with E-state index in [0.717, 1.165) is 11.1 Å². The quantitative estimate of drug-likeness (QED) is 0.606. The number of aliphatic carboxylic acids is 1. The first-order valence-electron chi connectivity index (χ1n) is 9.15. The van der Waals surface area contributed by atoms with E-state index in [9.17, 15) is 14.7 Å². The van der Waals surface area contributed by atoms with Crippen LogP contribution in [0.2, 0.25) is 0 Å². The molecule has 3 aromatic rings. The van der Waals surface area contributed by atoms with Gasteiger partial charge in [-0.3, -0.25) is 0 Å². The summed E-state index contributed by atoms with van der Waals surface area (Å²) in [5.41, 5.74) is 0.361. The third-order valence-corrected chi connectivity index (χ3v) is 4.47. The van der Waals surface area contributed by atoms with Gasteiger partial charge >= 0.3 is 12.1 Å². The maximum absolute atomic E-state index is 12.5. The molecule has 0 bridgehead atoms. The van der Waals surface area contributed by atoms with Gasteiger partial charge in [-0.15, -0.1) is 0 Å². The molecule has 0 saturated carbocycles. The van der Waals surface area contributed by atoms with Crippen molar-refractivity contribution in [3.63, 3.8) is 0 Å². The standard InChI is InChI=1S/C22H22N2O5/c1-16-12-19(24-29-16)14-22(20(25)26,13-17-8-4-2-5-9-17)23-21(27)28-15-18-10-6-3-7-11-18/h2-12H,13-15H2,1H3,(H,23,27)(H,25,26)/t22-/m1/s1. The van der Waals surface area contributed by atoms with Crippen molar-refractivity contribution in [1.82, 2.24) is 10.5 Å². The van der Waals surface area contributed by atoms with E-state index in [4.69, 9.17) is 9.26 Å². The van der Waals surface area contributed by atoms with Crippen LogP contribution in [0.15, 0.2) is 71.3 Å². The summed E-state index contributed by atoms with van der Waals surface area (Å²) in [6, 6.07) is 19.9. The summed E-state index contributed by atoms with van der Waals surface area (Å²) in [5.74, 6) is -0.621. The van der Waals surface area contributed by atoms with E-state index in [1.165, 1.54) is 0 Å². The molecule has 1 atom stereocenters. The number of aryl methyl sites for hydroxylation is 1. The second-order valence-electron chi connectivity index (χ2n) is 6.84. The van der Waals surface area contributed by atoms with E-state index in [-0.39, 0.29) is 19.4 Å². The van der Waals surface area contributed by atoms with Crippen molar-refractivity contribution in [3.05, 3.63) is 89.3 Å². The Balaban J connectivity index is 1.81. The number of carbonyl (C=O) groups excluding carboxylic acids is 1. The normalized spacial score (nSPS) is 12.7. The lowest BCUT2D eigenvalue weighted by Crippen LogP contribution is -2.57. The molecular formula is C22H22N2O5. The molecule has 0 radical (unpaired) electrons. The van der Waals surface area contributed by atoms with E-state index in [2.05, 4.69) is 10.5 Å². The van der Waals surface area contributed by atoms with Gasteiger partial charge in [-0.25, -0.2) is 9.59 Å². The number of carbonyl (C=O) groups is 2. The van der Waals surface area contributed by atoms with Crippen molar-refractivity contribution in [2.45, 2.75) is 31.9 Å². The van der Waals surface area contributed by atoms with Gasteiger partial charge in [0, 0.05) is 18.9 Å². The number of rotatable bonds is 8. The van der Waals surface area contributed by atoms with Crippen LogP contribution in [0.5, 0.6) is 0 Å². The van der Waals surface area contributed by atoms with E-state index >= 15 is 0 Å². The van der Waals surface area contributed by atoms with Gasteiger partial charge in [0.25, 0.3) is 0 Å². The van der Waals surface area contributed by atoms with Crippen molar-refractivity contribution < 1.29 is 24.0 Å². The molecule has 2 N–H and O–H groups in total. The minimum atomic E-state index is -1.64. The SMILES string of the molecule is Cc1cc(C[C@@](Cc2ccccc2)(NC(=O)OCc2ccccc2)C(=O)O)no1. The smallest absolute Gasteiger partial charge is 0.408 e. The Morgan fingerprint density at radius 2 is 1.66 bits per heavy atom. The van der Waals surface area contributed by atoms with Gasteiger partial charge in [-0.05, 0) is 18.1 Å². The summed E-state index contributed by atoms with van der Waals surface area (Å²) >= 11 is 0. The summed E-state index contributed by atoms with van der Waals surface area (Å²) in [6.07, 6.45) is -0.794. The molecule has 0 aliphatic carbocycles. The molecule has 0 fully saturated rings. The number of carboxylic acid groups (broad SMARTS) is 1. The first-order chi connectivity index (χ1) is 14.0. The Morgan fingerprint density at radius 3 is 2.21 bits per heavy atom. The predicted molar refractivity (Wildman–Crippen MR) is 105 cm³/mol. The summed E-state index contributed by atoms with van der Waals surface area (Å²) in [4.78, 5) is 24.8. The van der Waals surface area contributed by atoms with Crippen LogP contribution in [0, 0.1) is 6.92 Å². The van der Waals surface area contributed by atoms with E-state index < -0.39 is 17.6 Å². The Bertz CT molecular complexity index is 956. The van der Waals surface area contributed by atoms with Crippen molar-refractivity contribution in [1.29, 1.82) is 0 Å². The topological polar surface area (TPSA) is 102 Å². The van der Waals surface area contributed by atoms with Crippen molar-refractivity contribution in [2.24, 2.45) is 0 Å². The highest BCUT2D eigenvalue weighted by Gasteiger charge is 2.42. The minimum absolute atomic E-state index is 0.0385. The van der Waals surface area contributed by atoms with E-state index in [0.29, 0.717) is 11.5 Å². The number of ether oxygens (including phenoxy) is 1. The van der Waals surface area contributed by atoms with Crippen LogP contribution >= 0.6 is 0 Å². The number of hydrogen-bond donors (Lipinski definition) is 2. The molecule has 2 aromatic carbocycles. The van der Waals surface area contributed by atoms with Gasteiger partial charge in [0.2, 0.25) is 0 Å². The van der Waals surface area contributed by atoms with Gasteiger partial charge in [0.1, 0.15) is 12.4 Å². The molecule has 7 heteroatoms. The van der Waals surface area contributed by atoms with Crippen LogP contribution in [-0.4, -0.2) is 27.9 Å². The molecule has 29 heavy (non-hydrogen) atoms. The first-order valence-corrected chi connectivity index (χ1v) is 9.15. The summed E-state index contributed by atoms with van der Waals surface area (Å²) in [7, 11) is 0. The molecule has 3 rings (SSSR count). The lowest BCUT2D eigenvalue weighted by Gasteiger charge is -2.29. The zero-order valence-corrected chi connectivity index (χ0v) is 16.0. The van der Waals surface area contributed by atoms with Crippen LogP contribution < -0.4 is 5.32 Å². The summed E-state index contributed by atoms with van der Waals surface area (Å²) in [5, 5.41) is 16.5. The Kier molecular flexibility index (Phi) is 6.29. The number of nitrogens with zero attached hydrogens (tertiary/aromatic N) is 1. The molecule has 1 heterocycles. The maximum Gasteiger partial charge on any atom is 0.408 e. The Morgan fingerprint density at radius 1 is 1.03 bits per heavy atom. The van der Waals surface area contributed by atoms with E-state index in [1.807, 2.05) is 60.7 Å². The predicted octanol–water partition coefficient (Wildman–Crippen LogP) is 3.52. The summed E-state index contributed by atoms with van der Waals surface area (Å²) < 4.78 is 10.3. The number of alkyl carbamates (subject to hydrolysis) is 1. The van der Waals surface area contributed by atoms with Crippen molar-refractivity contribution in [3.8, 4) is 0 Å². The zero-order valence-electron chi connectivity index (χ0n) is 16.0. The van der Waals surface area contributed by atoms with Crippen LogP contribution in [0.3, 0.4) is 0 Å². The number of hydrogen-bond acceptors (Lipinski definition) is 5. The molecule has 0 spiro atoms. The third-order valence-electron chi connectivity index (χ3n) is 4.47. The monoisotopic (exact) mass is 394 g/mol. The van der Waals surface area contributed by atoms with Crippen LogP contribution in [-0.2, 0) is 29.0 Å². The molecular weight excluding hydrogens is 372 g/mol. The highest BCUT2D eigenvalue weighted by Crippen LogP contribution is 2.21. The lowest BCUT2D eigenvalue weighted by molar-refractivity contribution is -0.144. The van der Waals surface area contributed by atoms with Gasteiger partial charge in [0.05, 0.1) is 5.69 Å². The molecule has 7 nitrogen and oxygen atoms in total. The number of benzene rings is 2. The van der Waals surface area contributed by atoms with Crippen LogP contribution in [0.1, 0.15) is 22.6 Å². The van der Waals surface area contributed by atoms with Gasteiger partial charge < -0.3 is 19.7 Å². The highest BCUT2D eigenvalue weighted by atomic mass is 16.5. The van der Waals surface area contributed by atoms with Crippen LogP contribution in [0.4, 0.5) is 4.79 Å². The molecule has 1 amide bonds. The highest BCUT2D eigenvalue weighted by molar-refractivity contribution is 5.85. The largest absolute Gasteiger partial charge is 0.479 e. The first kappa shape index (κ1) is 20.1. The van der Waals surface area contributed by atoms with Crippen molar-refractivity contribution >= 4 is 12.1 Å². The molecule has 1 aromatic heterocycles. The third kappa shape index (κ3) is 5.44. The fourth-order valence-electron chi connectivity index (χ4n) is 3.06. The second kappa shape index (κ2) is 9.05. The molecule has 0 aliphatic heterocycles. The maximum atomic E-state index is 12.5. The molecule has 150 valence electrons. The summed E-state index contributed by atoms with van der Waals surface area (Å²) in [6.45, 7) is 1.76.